The van der Waals surface area contributed by atoms with Crippen molar-refractivity contribution in [2.45, 2.75) is 12.5 Å². The second-order valence-corrected chi connectivity index (χ2v) is 5.66. The first kappa shape index (κ1) is 16.4. The molecule has 4 heteroatoms. The van der Waals surface area contributed by atoms with Gasteiger partial charge in [-0.1, -0.05) is 48.5 Å². The van der Waals surface area contributed by atoms with Gasteiger partial charge in [-0.25, -0.2) is 0 Å². The predicted octanol–water partition coefficient (Wildman–Crippen LogP) is 3.98. The molecule has 0 fully saturated rings. The van der Waals surface area contributed by atoms with Crippen LogP contribution in [0.4, 0.5) is 0 Å². The minimum atomic E-state index is -0.0208. The molecule has 3 aromatic rings. The molecule has 1 heterocycles. The first-order valence-corrected chi connectivity index (χ1v) is 8.08. The van der Waals surface area contributed by atoms with E-state index in [2.05, 4.69) is 5.32 Å². The van der Waals surface area contributed by atoms with Crippen LogP contribution in [0, 0.1) is 0 Å². The number of carbonyl (C=O) groups is 1. The highest BCUT2D eigenvalue weighted by Gasteiger charge is 2.13. The molecule has 0 spiro atoms. The fraction of sp³-hybridized carbons (Fsp3) is 0.250. The standard InChI is InChI=1S/C20H21NO3/c1-23-20(15-7-3-2-4-8-15)14-21-12-11-17(22)19-13-16-9-5-6-10-18(16)24-19/h2-10,13,20-21H,11-12,14H2,1H3. The minimum Gasteiger partial charge on any atom is -0.453 e. The van der Waals surface area contributed by atoms with E-state index in [1.54, 1.807) is 13.2 Å². The summed E-state index contributed by atoms with van der Waals surface area (Å²) in [6, 6.07) is 19.5. The Kier molecular flexibility index (Phi) is 5.41. The van der Waals surface area contributed by atoms with Gasteiger partial charge in [0.25, 0.3) is 0 Å². The first-order valence-electron chi connectivity index (χ1n) is 8.08. The van der Waals surface area contributed by atoms with Crippen LogP contribution >= 0.6 is 0 Å². The summed E-state index contributed by atoms with van der Waals surface area (Å²) in [5.41, 5.74) is 1.87. The van der Waals surface area contributed by atoms with E-state index in [0.717, 1.165) is 16.5 Å². The zero-order chi connectivity index (χ0) is 16.8. The number of hydrogen-bond donors (Lipinski definition) is 1. The van der Waals surface area contributed by atoms with Gasteiger partial charge >= 0.3 is 0 Å². The van der Waals surface area contributed by atoms with Crippen LogP contribution in [0.3, 0.4) is 0 Å². The van der Waals surface area contributed by atoms with Crippen molar-refractivity contribution in [3.63, 3.8) is 0 Å². The van der Waals surface area contributed by atoms with Crippen LogP contribution in [-0.2, 0) is 4.74 Å². The lowest BCUT2D eigenvalue weighted by molar-refractivity contribution is 0.0935. The van der Waals surface area contributed by atoms with E-state index >= 15 is 0 Å². The number of para-hydroxylation sites is 1. The number of benzene rings is 2. The molecular weight excluding hydrogens is 302 g/mol. The van der Waals surface area contributed by atoms with Crippen molar-refractivity contribution in [3.05, 3.63) is 72.0 Å². The van der Waals surface area contributed by atoms with E-state index in [0.29, 0.717) is 25.3 Å². The van der Waals surface area contributed by atoms with Crippen LogP contribution in [0.2, 0.25) is 0 Å². The van der Waals surface area contributed by atoms with Crippen LogP contribution < -0.4 is 5.32 Å². The molecule has 1 aromatic heterocycles. The lowest BCUT2D eigenvalue weighted by Gasteiger charge is -2.16. The highest BCUT2D eigenvalue weighted by atomic mass is 16.5. The maximum absolute atomic E-state index is 12.2. The van der Waals surface area contributed by atoms with Crippen molar-refractivity contribution in [2.75, 3.05) is 20.2 Å². The molecule has 1 unspecified atom stereocenters. The van der Waals surface area contributed by atoms with Crippen LogP contribution in [0.1, 0.15) is 28.6 Å². The van der Waals surface area contributed by atoms with Gasteiger partial charge < -0.3 is 14.5 Å². The number of ketones is 1. The molecule has 124 valence electrons. The maximum atomic E-state index is 12.2. The van der Waals surface area contributed by atoms with Crippen molar-refractivity contribution in [2.24, 2.45) is 0 Å². The number of furan rings is 1. The van der Waals surface area contributed by atoms with Crippen molar-refractivity contribution in [1.29, 1.82) is 0 Å². The summed E-state index contributed by atoms with van der Waals surface area (Å²) in [5, 5.41) is 4.24. The van der Waals surface area contributed by atoms with Crippen molar-refractivity contribution < 1.29 is 13.9 Å². The number of ether oxygens (including phenoxy) is 1. The van der Waals surface area contributed by atoms with Crippen LogP contribution in [0.25, 0.3) is 11.0 Å². The molecule has 2 aromatic carbocycles. The molecule has 0 aliphatic rings. The quantitative estimate of drug-likeness (QED) is 0.503. The lowest BCUT2D eigenvalue weighted by Crippen LogP contribution is -2.25. The van der Waals surface area contributed by atoms with E-state index in [4.69, 9.17) is 9.15 Å². The molecule has 0 radical (unpaired) electrons. The van der Waals surface area contributed by atoms with Gasteiger partial charge in [0.1, 0.15) is 5.58 Å². The van der Waals surface area contributed by atoms with Crippen LogP contribution in [-0.4, -0.2) is 26.0 Å². The Morgan fingerprint density at radius 3 is 2.62 bits per heavy atom. The zero-order valence-electron chi connectivity index (χ0n) is 13.7. The molecule has 1 atom stereocenters. The molecule has 0 aliphatic carbocycles. The summed E-state index contributed by atoms with van der Waals surface area (Å²) in [5.74, 6) is 0.428. The Labute approximate surface area is 141 Å². The van der Waals surface area contributed by atoms with Gasteiger partial charge in [-0.2, -0.15) is 0 Å². The van der Waals surface area contributed by atoms with Gasteiger partial charge in [-0.15, -0.1) is 0 Å². The molecule has 24 heavy (non-hydrogen) atoms. The molecule has 0 bridgehead atoms. The fourth-order valence-corrected chi connectivity index (χ4v) is 2.68. The summed E-state index contributed by atoms with van der Waals surface area (Å²) >= 11 is 0. The second kappa shape index (κ2) is 7.90. The highest BCUT2D eigenvalue weighted by Crippen LogP contribution is 2.20. The molecule has 3 rings (SSSR count). The van der Waals surface area contributed by atoms with Crippen LogP contribution in [0.15, 0.2) is 65.1 Å². The van der Waals surface area contributed by atoms with Gasteiger partial charge in [0.15, 0.2) is 11.5 Å². The highest BCUT2D eigenvalue weighted by molar-refractivity contribution is 5.97. The number of rotatable bonds is 8. The Morgan fingerprint density at radius 1 is 1.12 bits per heavy atom. The first-order chi connectivity index (χ1) is 11.8. The van der Waals surface area contributed by atoms with Gasteiger partial charge in [-0.05, 0) is 17.7 Å². The van der Waals surface area contributed by atoms with E-state index in [-0.39, 0.29) is 11.9 Å². The average Bonchev–Trinajstić information content (AvgIpc) is 3.06. The third kappa shape index (κ3) is 3.91. The largest absolute Gasteiger partial charge is 0.453 e. The number of Topliss-reactive ketones (excluding diaryl/α,β-unsaturated/α-hetero) is 1. The van der Waals surface area contributed by atoms with Gasteiger partial charge in [0.05, 0.1) is 6.10 Å². The van der Waals surface area contributed by atoms with E-state index in [9.17, 15) is 4.79 Å². The third-order valence-electron chi connectivity index (χ3n) is 4.01. The third-order valence-corrected chi connectivity index (χ3v) is 4.01. The minimum absolute atomic E-state index is 0.00683. The molecular formula is C20H21NO3. The zero-order valence-corrected chi connectivity index (χ0v) is 13.7. The van der Waals surface area contributed by atoms with Gasteiger partial charge in [-0.3, -0.25) is 4.79 Å². The number of carbonyl (C=O) groups excluding carboxylic acids is 1. The summed E-state index contributed by atoms with van der Waals surface area (Å²) < 4.78 is 11.1. The van der Waals surface area contributed by atoms with E-state index in [1.165, 1.54) is 0 Å². The van der Waals surface area contributed by atoms with Gasteiger partial charge in [0.2, 0.25) is 0 Å². The number of hydrogen-bond acceptors (Lipinski definition) is 4. The number of nitrogens with one attached hydrogen (secondary N) is 1. The molecule has 0 saturated carbocycles. The predicted molar refractivity (Wildman–Crippen MR) is 94.2 cm³/mol. The summed E-state index contributed by atoms with van der Waals surface area (Å²) in [4.78, 5) is 12.2. The molecule has 0 saturated heterocycles. The SMILES string of the molecule is COC(CNCCC(=O)c1cc2ccccc2o1)c1ccccc1. The maximum Gasteiger partial charge on any atom is 0.199 e. The summed E-state index contributed by atoms with van der Waals surface area (Å²) in [7, 11) is 1.69. The Bertz CT molecular complexity index is 762. The Balaban J connectivity index is 1.50. The normalized spacial score (nSPS) is 12.4. The molecule has 4 nitrogen and oxygen atoms in total. The Morgan fingerprint density at radius 2 is 1.88 bits per heavy atom. The van der Waals surface area contributed by atoms with Crippen molar-refractivity contribution in [3.8, 4) is 0 Å². The van der Waals surface area contributed by atoms with Crippen molar-refractivity contribution in [1.82, 2.24) is 5.32 Å². The van der Waals surface area contributed by atoms with Crippen molar-refractivity contribution >= 4 is 16.8 Å². The average molecular weight is 323 g/mol. The summed E-state index contributed by atoms with van der Waals surface area (Å²) in [6.07, 6.45) is 0.373. The smallest absolute Gasteiger partial charge is 0.199 e. The van der Waals surface area contributed by atoms with Crippen LogP contribution in [0.5, 0.6) is 0 Å². The molecule has 0 amide bonds. The topological polar surface area (TPSA) is 51.5 Å². The molecule has 1 N–H and O–H groups in total. The number of methoxy groups -OCH3 is 1. The second-order valence-electron chi connectivity index (χ2n) is 5.66. The van der Waals surface area contributed by atoms with E-state index < -0.39 is 0 Å². The lowest BCUT2D eigenvalue weighted by atomic mass is 10.1. The Hall–Kier alpha value is -2.43. The van der Waals surface area contributed by atoms with E-state index in [1.807, 2.05) is 54.6 Å². The van der Waals surface area contributed by atoms with Gasteiger partial charge in [0, 0.05) is 32.0 Å². The molecule has 0 aliphatic heterocycles. The summed E-state index contributed by atoms with van der Waals surface area (Å²) in [6.45, 7) is 1.25. The number of fused-ring (bicyclic) bond motifs is 1. The monoisotopic (exact) mass is 323 g/mol. The fourth-order valence-electron chi connectivity index (χ4n) is 2.68.